The maximum atomic E-state index is 16.5. The fourth-order valence-corrected chi connectivity index (χ4v) is 27.1. The molecular weight excluding hydrogens is 1560 g/mol. The van der Waals surface area contributed by atoms with Crippen molar-refractivity contribution in [2.75, 3.05) is 0 Å². The van der Waals surface area contributed by atoms with Crippen LogP contribution in [0.3, 0.4) is 0 Å². The molecule has 8 rings (SSSR count). The summed E-state index contributed by atoms with van der Waals surface area (Å²) >= 11 is 0. The van der Waals surface area contributed by atoms with Gasteiger partial charge >= 0.3 is 0 Å². The molecule has 0 heterocycles. The Hall–Kier alpha value is -4.27. The van der Waals surface area contributed by atoms with Crippen LogP contribution in [-0.2, 0) is 49.6 Å². The summed E-state index contributed by atoms with van der Waals surface area (Å²) < 4.78 is 0. The molecule has 2 aromatic carbocycles. The average molecular weight is 1760 g/mol. The van der Waals surface area contributed by atoms with Gasteiger partial charge in [-0.2, -0.15) is 0 Å². The minimum atomic E-state index is -0.736. The summed E-state index contributed by atoms with van der Waals surface area (Å²) in [6.07, 6.45) is 48.6. The van der Waals surface area contributed by atoms with E-state index in [0.29, 0.717) is 147 Å². The second kappa shape index (κ2) is 56.8. The van der Waals surface area contributed by atoms with Crippen LogP contribution in [0.5, 0.6) is 0 Å². The molecule has 0 saturated heterocycles. The minimum absolute atomic E-state index is 0.000857. The zero-order valence-electron chi connectivity index (χ0n) is 85.1. The molecule has 0 aromatic heterocycles. The smallest absolute Gasteiger partial charge is 0.140 e. The van der Waals surface area contributed by atoms with E-state index in [9.17, 15) is 9.59 Å². The first-order valence-corrected chi connectivity index (χ1v) is 54.9. The number of unbranched alkanes of at least 4 members (excludes halogenated alkanes) is 7. The topological polar surface area (TPSA) is 154 Å². The van der Waals surface area contributed by atoms with Crippen LogP contribution in [0.2, 0.25) is 0 Å². The third-order valence-corrected chi connectivity index (χ3v) is 35.2. The van der Waals surface area contributed by atoms with E-state index in [0.717, 1.165) is 182 Å². The van der Waals surface area contributed by atoms with Gasteiger partial charge in [0, 0.05) is 98.2 Å². The normalized spacial score (nSPS) is 27.6. The maximum Gasteiger partial charge on any atom is 0.140 e. The van der Waals surface area contributed by atoms with Crippen LogP contribution >= 0.6 is 0 Å². The zero-order chi connectivity index (χ0) is 92.2. The number of ketones is 9. The summed E-state index contributed by atoms with van der Waals surface area (Å²) in [5, 5.41) is 2.16. The van der Waals surface area contributed by atoms with Crippen molar-refractivity contribution in [3.05, 3.63) is 48.0 Å². The van der Waals surface area contributed by atoms with E-state index in [1.165, 1.54) is 103 Å². The summed E-state index contributed by atoms with van der Waals surface area (Å²) in [7, 11) is 0. The molecule has 9 nitrogen and oxygen atoms in total. The summed E-state index contributed by atoms with van der Waals surface area (Å²) in [6, 6.07) is 14.7. The Balaban J connectivity index is 1.13. The Morgan fingerprint density at radius 1 is 0.425 bits per heavy atom. The van der Waals surface area contributed by atoms with Gasteiger partial charge in [0.05, 0.1) is 0 Å². The van der Waals surface area contributed by atoms with Crippen LogP contribution in [-0.4, -0.2) is 52.0 Å². The predicted molar refractivity (Wildman–Crippen MR) is 532 cm³/mol. The molecule has 0 amide bonds. The van der Waals surface area contributed by atoms with Crippen LogP contribution in [0.4, 0.5) is 0 Å². The predicted octanol–water partition coefficient (Wildman–Crippen LogP) is 31.9. The average Bonchev–Trinajstić information content (AvgIpc) is 1.64. The van der Waals surface area contributed by atoms with Crippen molar-refractivity contribution < 1.29 is 43.2 Å². The Bertz CT molecular complexity index is 3580. The van der Waals surface area contributed by atoms with Gasteiger partial charge in [0.2, 0.25) is 0 Å². The van der Waals surface area contributed by atoms with Crippen molar-refractivity contribution in [1.29, 1.82) is 0 Å². The number of benzene rings is 2. The van der Waals surface area contributed by atoms with Gasteiger partial charge in [-0.15, -0.1) is 0 Å². The molecule has 0 spiro atoms. The quantitative estimate of drug-likeness (QED) is 0.0589. The number of carbonyl (C=O) groups excluding carboxylic acids is 9. The van der Waals surface area contributed by atoms with Crippen molar-refractivity contribution in [2.24, 2.45) is 166 Å². The Labute approximate surface area is 779 Å². The van der Waals surface area contributed by atoms with Gasteiger partial charge in [0.1, 0.15) is 52.0 Å². The fourth-order valence-electron chi connectivity index (χ4n) is 27.1. The molecule has 9 heteroatoms. The number of carbonyl (C=O) groups is 9. The monoisotopic (exact) mass is 1760 g/mol. The van der Waals surface area contributed by atoms with Crippen molar-refractivity contribution >= 4 is 62.8 Å². The summed E-state index contributed by atoms with van der Waals surface area (Å²) in [5.41, 5.74) is 0.973. The van der Waals surface area contributed by atoms with Crippen LogP contribution in [0, 0.1) is 166 Å². The SMILES string of the molecule is CCCCCCC1CC[C@@H](C(C)C)C(=O)C[C@@H](CC2CCC3C(C)CCCC23)C(C)C[C@@H](CCCCCC(C)C)C(C)CCC(C(=O)CC(CC2CCCCC2)C(=O)CC(Cc2ccc3ccccc3c2)C(=O)C2CCCCC2C(=O)C[C@@H](CCCCCC(C)=O)C(=O)CC(CC(C)=O)C(C)C[C@@H](CC2CCCCC2)C(C)C(C)CC(C)C)CCC(CC(C)C)C1=O. The van der Waals surface area contributed by atoms with Gasteiger partial charge in [-0.25, -0.2) is 0 Å². The number of hydrogen-bond donors (Lipinski definition) is 0. The van der Waals surface area contributed by atoms with E-state index in [4.69, 9.17) is 0 Å². The highest BCUT2D eigenvalue weighted by molar-refractivity contribution is 5.97. The maximum absolute atomic E-state index is 16.5. The first kappa shape index (κ1) is 108. The minimum Gasteiger partial charge on any atom is -0.300 e. The first-order valence-electron chi connectivity index (χ1n) is 54.9. The molecule has 6 saturated carbocycles. The lowest BCUT2D eigenvalue weighted by Crippen LogP contribution is -2.39. The molecule has 0 radical (unpaired) electrons. The Kier molecular flexibility index (Phi) is 48.3. The van der Waals surface area contributed by atoms with Crippen LogP contribution in [0.25, 0.3) is 10.8 Å². The summed E-state index contributed by atoms with van der Waals surface area (Å²) in [6.45, 7) is 38.6. The van der Waals surface area contributed by atoms with Gasteiger partial charge in [0.15, 0.2) is 0 Å². The molecule has 22 atom stereocenters. The molecule has 127 heavy (non-hydrogen) atoms. The van der Waals surface area contributed by atoms with Gasteiger partial charge in [0.25, 0.3) is 0 Å². The van der Waals surface area contributed by atoms with E-state index in [-0.39, 0.29) is 119 Å². The zero-order valence-corrected chi connectivity index (χ0v) is 85.1. The highest BCUT2D eigenvalue weighted by atomic mass is 16.2. The second-order valence-electron chi connectivity index (χ2n) is 47.2. The van der Waals surface area contributed by atoms with Crippen LogP contribution < -0.4 is 0 Å². The van der Waals surface area contributed by atoms with E-state index in [2.05, 4.69) is 134 Å². The first-order chi connectivity index (χ1) is 60.8. The number of fused-ring (bicyclic) bond motifs is 2. The second-order valence-corrected chi connectivity index (χ2v) is 47.2. The van der Waals surface area contributed by atoms with Gasteiger partial charge in [-0.1, -0.05) is 307 Å². The van der Waals surface area contributed by atoms with Crippen LogP contribution in [0.1, 0.15) is 464 Å². The van der Waals surface area contributed by atoms with E-state index < -0.39 is 29.6 Å². The number of hydrogen-bond acceptors (Lipinski definition) is 9. The Morgan fingerprint density at radius 3 is 1.72 bits per heavy atom. The van der Waals surface area contributed by atoms with E-state index in [1.54, 1.807) is 13.8 Å². The third-order valence-electron chi connectivity index (χ3n) is 35.2. The third kappa shape index (κ3) is 36.5. The lowest BCUT2D eigenvalue weighted by Gasteiger charge is -2.37. The standard InChI is InChI=1S/C118H194O9/c1-18-19-20-31-47-96-60-62-107(82(8)9)115(124)76-103(73-99-61-63-108-84(11)40-38-53-109(99)108)86(13)66-97(48-32-21-25-39-79(2)3)83(10)54-56-95(58-59-101(117(96)126)65-81(6)7)112(121)77-105(70-92-44-29-24-30-45-92)114(123)78-106(72-93-55-57-94-46-34-35-49-98(94)71-93)118(127)111-52-37-36-51-110(111)116(125)74-100(50-33-22-26-41-88(15)119)113(122)75-102(68-89(16)120)87(14)67-104(69-91-42-27-23-28-43-91)90(17)85(12)64-80(4)5/h34-35,46,49,55,57,71,79-87,90-92,95-97,99-111H,18-33,36-45,47-48,50-54,56,58-70,72-78H2,1-17H3/t83?,84?,85?,86?,87?,90?,95?,96?,97-,99?,100-,101?,102?,103-,104+,105?,106?,107+,108?,109?,110?,111?/m1/s1. The molecule has 0 N–H and O–H groups in total. The van der Waals surface area contributed by atoms with Gasteiger partial charge < -0.3 is 9.59 Å². The van der Waals surface area contributed by atoms with Gasteiger partial charge in [-0.05, 0) is 284 Å². The lowest BCUT2D eigenvalue weighted by molar-refractivity contribution is -0.140. The molecule has 0 aliphatic heterocycles. The molecular formula is C118H194O9. The van der Waals surface area contributed by atoms with Crippen molar-refractivity contribution in [1.82, 2.24) is 0 Å². The Morgan fingerprint density at radius 2 is 1.06 bits per heavy atom. The van der Waals surface area contributed by atoms with Crippen molar-refractivity contribution in [3.8, 4) is 0 Å². The molecule has 17 unspecified atom stereocenters. The van der Waals surface area contributed by atoms with Crippen LogP contribution in [0.15, 0.2) is 42.5 Å². The summed E-state index contributed by atoms with van der Waals surface area (Å²) in [4.78, 5) is 138. The molecule has 0 bridgehead atoms. The molecule has 720 valence electrons. The largest absolute Gasteiger partial charge is 0.300 e. The van der Waals surface area contributed by atoms with Crippen molar-refractivity contribution in [2.45, 2.75) is 464 Å². The highest BCUT2D eigenvalue weighted by Gasteiger charge is 2.46. The molecule has 6 fully saturated rings. The number of rotatable bonds is 51. The van der Waals surface area contributed by atoms with Crippen molar-refractivity contribution in [3.63, 3.8) is 0 Å². The molecule has 6 aliphatic rings. The lowest BCUT2D eigenvalue weighted by atomic mass is 9.67. The molecule has 2 aromatic rings. The fraction of sp³-hybridized carbons (Fsp3) is 0.839. The van der Waals surface area contributed by atoms with E-state index >= 15 is 33.6 Å². The summed E-state index contributed by atoms with van der Waals surface area (Å²) in [5.74, 6) is 6.04. The number of Topliss-reactive ketones (excluding diaryl/α,β-unsaturated/α-hetero) is 9. The highest BCUT2D eigenvalue weighted by Crippen LogP contribution is 2.53. The van der Waals surface area contributed by atoms with Gasteiger partial charge in [-0.3, -0.25) is 33.6 Å². The molecule has 6 aliphatic carbocycles. The van der Waals surface area contributed by atoms with E-state index in [1.807, 2.05) is 12.1 Å².